The van der Waals surface area contributed by atoms with Crippen LogP contribution in [0.25, 0.3) is 0 Å². The van der Waals surface area contributed by atoms with E-state index in [1.54, 1.807) is 13.0 Å². The number of benzene rings is 1. The third kappa shape index (κ3) is 4.49. The summed E-state index contributed by atoms with van der Waals surface area (Å²) in [7, 11) is 0. The van der Waals surface area contributed by atoms with Crippen LogP contribution in [0.3, 0.4) is 0 Å². The lowest BCUT2D eigenvalue weighted by Gasteiger charge is -2.25. The molecule has 110 valence electrons. The van der Waals surface area contributed by atoms with Gasteiger partial charge in [0.2, 0.25) is 0 Å². The SMILES string of the molecule is Cc1cc(F)cc(NC(=O)NCC2CCCC(O)C2)c1. The summed E-state index contributed by atoms with van der Waals surface area (Å²) in [6.07, 6.45) is 3.36. The van der Waals surface area contributed by atoms with Gasteiger partial charge in [-0.1, -0.05) is 6.42 Å². The molecule has 1 fully saturated rings. The molecule has 0 aromatic heterocycles. The summed E-state index contributed by atoms with van der Waals surface area (Å²) >= 11 is 0. The Labute approximate surface area is 118 Å². The molecular formula is C15H21FN2O2. The van der Waals surface area contributed by atoms with E-state index < -0.39 is 0 Å². The first-order valence-corrected chi connectivity index (χ1v) is 7.03. The van der Waals surface area contributed by atoms with Crippen LogP contribution in [0, 0.1) is 18.7 Å². The molecule has 2 rings (SSSR count). The third-order valence-corrected chi connectivity index (χ3v) is 3.61. The number of carbonyl (C=O) groups excluding carboxylic acids is 1. The molecule has 5 heteroatoms. The second-order valence-corrected chi connectivity index (χ2v) is 5.54. The Balaban J connectivity index is 1.80. The second-order valence-electron chi connectivity index (χ2n) is 5.54. The summed E-state index contributed by atoms with van der Waals surface area (Å²) in [6.45, 7) is 2.31. The van der Waals surface area contributed by atoms with Crippen molar-refractivity contribution in [3.63, 3.8) is 0 Å². The van der Waals surface area contributed by atoms with E-state index in [2.05, 4.69) is 10.6 Å². The van der Waals surface area contributed by atoms with E-state index in [1.165, 1.54) is 12.1 Å². The van der Waals surface area contributed by atoms with Gasteiger partial charge in [-0.3, -0.25) is 0 Å². The van der Waals surface area contributed by atoms with Crippen LogP contribution in [-0.4, -0.2) is 23.8 Å². The van der Waals surface area contributed by atoms with Gasteiger partial charge in [0, 0.05) is 12.2 Å². The molecule has 1 aromatic rings. The van der Waals surface area contributed by atoms with E-state index >= 15 is 0 Å². The number of aliphatic hydroxyl groups excluding tert-OH is 1. The van der Waals surface area contributed by atoms with Gasteiger partial charge in [0.1, 0.15) is 5.82 Å². The van der Waals surface area contributed by atoms with Gasteiger partial charge in [0.05, 0.1) is 6.10 Å². The van der Waals surface area contributed by atoms with Crippen molar-refractivity contribution in [3.8, 4) is 0 Å². The predicted molar refractivity (Wildman–Crippen MR) is 76.1 cm³/mol. The van der Waals surface area contributed by atoms with Crippen LogP contribution in [0.1, 0.15) is 31.2 Å². The largest absolute Gasteiger partial charge is 0.393 e. The highest BCUT2D eigenvalue weighted by atomic mass is 19.1. The molecule has 0 spiro atoms. The van der Waals surface area contributed by atoms with E-state index in [9.17, 15) is 14.3 Å². The molecule has 0 aliphatic heterocycles. The Morgan fingerprint density at radius 3 is 2.90 bits per heavy atom. The molecule has 1 aromatic carbocycles. The molecule has 0 radical (unpaired) electrons. The Hall–Kier alpha value is -1.62. The maximum absolute atomic E-state index is 13.2. The van der Waals surface area contributed by atoms with Crippen molar-refractivity contribution in [2.24, 2.45) is 5.92 Å². The van der Waals surface area contributed by atoms with E-state index in [0.717, 1.165) is 31.2 Å². The van der Waals surface area contributed by atoms with E-state index in [1.807, 2.05) is 0 Å². The van der Waals surface area contributed by atoms with Crippen molar-refractivity contribution in [2.45, 2.75) is 38.7 Å². The number of hydrogen-bond acceptors (Lipinski definition) is 2. The van der Waals surface area contributed by atoms with Crippen molar-refractivity contribution in [1.29, 1.82) is 0 Å². The molecule has 1 aliphatic carbocycles. The number of amides is 2. The second kappa shape index (κ2) is 6.70. The zero-order chi connectivity index (χ0) is 14.5. The van der Waals surface area contributed by atoms with Crippen LogP contribution < -0.4 is 10.6 Å². The molecule has 1 aliphatic rings. The monoisotopic (exact) mass is 280 g/mol. The first-order valence-electron chi connectivity index (χ1n) is 7.03. The van der Waals surface area contributed by atoms with Crippen molar-refractivity contribution in [1.82, 2.24) is 5.32 Å². The van der Waals surface area contributed by atoms with Crippen molar-refractivity contribution in [3.05, 3.63) is 29.6 Å². The number of urea groups is 1. The molecule has 2 unspecified atom stereocenters. The molecule has 2 atom stereocenters. The fraction of sp³-hybridized carbons (Fsp3) is 0.533. The minimum Gasteiger partial charge on any atom is -0.393 e. The van der Waals surface area contributed by atoms with Gasteiger partial charge >= 0.3 is 6.03 Å². The Bertz CT molecular complexity index is 459. The summed E-state index contributed by atoms with van der Waals surface area (Å²) in [5.41, 5.74) is 1.21. The molecule has 20 heavy (non-hydrogen) atoms. The number of carbonyl (C=O) groups is 1. The van der Waals surface area contributed by atoms with Crippen LogP contribution in [0.15, 0.2) is 18.2 Å². The average Bonchev–Trinajstić information content (AvgIpc) is 2.35. The summed E-state index contributed by atoms with van der Waals surface area (Å²) < 4.78 is 13.2. The first kappa shape index (κ1) is 14.8. The van der Waals surface area contributed by atoms with Gasteiger partial charge in [-0.15, -0.1) is 0 Å². The Morgan fingerprint density at radius 1 is 1.40 bits per heavy atom. The normalized spacial score (nSPS) is 22.4. The number of hydrogen-bond donors (Lipinski definition) is 3. The molecule has 1 saturated carbocycles. The fourth-order valence-electron chi connectivity index (χ4n) is 2.67. The number of aliphatic hydroxyl groups is 1. The molecular weight excluding hydrogens is 259 g/mol. The number of nitrogens with one attached hydrogen (secondary N) is 2. The van der Waals surface area contributed by atoms with Gasteiger partial charge in [-0.2, -0.15) is 0 Å². The lowest BCUT2D eigenvalue weighted by atomic mass is 9.87. The maximum Gasteiger partial charge on any atom is 0.319 e. The fourth-order valence-corrected chi connectivity index (χ4v) is 2.67. The van der Waals surface area contributed by atoms with Gasteiger partial charge in [0.25, 0.3) is 0 Å². The number of aryl methyl sites for hydroxylation is 1. The van der Waals surface area contributed by atoms with E-state index in [4.69, 9.17) is 0 Å². The molecule has 0 bridgehead atoms. The summed E-state index contributed by atoms with van der Waals surface area (Å²) in [5.74, 6) is -0.0468. The van der Waals surface area contributed by atoms with Gasteiger partial charge < -0.3 is 15.7 Å². The number of halogens is 1. The molecule has 0 saturated heterocycles. The van der Waals surface area contributed by atoms with E-state index in [-0.39, 0.29) is 18.0 Å². The van der Waals surface area contributed by atoms with Crippen molar-refractivity contribution < 1.29 is 14.3 Å². The van der Waals surface area contributed by atoms with Crippen LogP contribution in [0.4, 0.5) is 14.9 Å². The zero-order valence-corrected chi connectivity index (χ0v) is 11.7. The zero-order valence-electron chi connectivity index (χ0n) is 11.7. The van der Waals surface area contributed by atoms with Crippen molar-refractivity contribution in [2.75, 3.05) is 11.9 Å². The van der Waals surface area contributed by atoms with E-state index in [0.29, 0.717) is 18.2 Å². The minimum absolute atomic E-state index is 0.246. The molecule has 4 nitrogen and oxygen atoms in total. The minimum atomic E-state index is -0.365. The number of anilines is 1. The summed E-state index contributed by atoms with van der Waals surface area (Å²) in [6, 6.07) is 4.08. The Morgan fingerprint density at radius 2 is 2.20 bits per heavy atom. The molecule has 0 heterocycles. The first-order chi connectivity index (χ1) is 9.52. The quantitative estimate of drug-likeness (QED) is 0.797. The smallest absolute Gasteiger partial charge is 0.319 e. The van der Waals surface area contributed by atoms with Gasteiger partial charge in [-0.05, 0) is 55.9 Å². The van der Waals surface area contributed by atoms with Gasteiger partial charge in [0.15, 0.2) is 0 Å². The van der Waals surface area contributed by atoms with Crippen LogP contribution in [0.2, 0.25) is 0 Å². The maximum atomic E-state index is 13.2. The van der Waals surface area contributed by atoms with Crippen molar-refractivity contribution >= 4 is 11.7 Å². The van der Waals surface area contributed by atoms with Crippen LogP contribution in [0.5, 0.6) is 0 Å². The lowest BCUT2D eigenvalue weighted by Crippen LogP contribution is -2.35. The highest BCUT2D eigenvalue weighted by Gasteiger charge is 2.20. The third-order valence-electron chi connectivity index (χ3n) is 3.61. The standard InChI is InChI=1S/C15H21FN2O2/c1-10-5-12(16)8-13(6-10)18-15(20)17-9-11-3-2-4-14(19)7-11/h5-6,8,11,14,19H,2-4,7,9H2,1H3,(H2,17,18,20). The average molecular weight is 280 g/mol. The topological polar surface area (TPSA) is 61.4 Å². The summed E-state index contributed by atoms with van der Waals surface area (Å²) in [4.78, 5) is 11.8. The van der Waals surface area contributed by atoms with Crippen LogP contribution in [-0.2, 0) is 0 Å². The molecule has 3 N–H and O–H groups in total. The van der Waals surface area contributed by atoms with Gasteiger partial charge in [-0.25, -0.2) is 9.18 Å². The van der Waals surface area contributed by atoms with Crippen LogP contribution >= 0.6 is 0 Å². The Kier molecular flexibility index (Phi) is 4.95. The molecule has 2 amide bonds. The summed E-state index contributed by atoms with van der Waals surface area (Å²) in [5, 5.41) is 15.0. The lowest BCUT2D eigenvalue weighted by molar-refractivity contribution is 0.101. The predicted octanol–water partition coefficient (Wildman–Crippen LogP) is 2.81. The highest BCUT2D eigenvalue weighted by molar-refractivity contribution is 5.89. The highest BCUT2D eigenvalue weighted by Crippen LogP contribution is 2.23. The number of rotatable bonds is 3.